The van der Waals surface area contributed by atoms with Gasteiger partial charge in [0, 0.05) is 32.2 Å². The number of benzene rings is 1. The van der Waals surface area contributed by atoms with E-state index in [1.807, 2.05) is 18.2 Å². The summed E-state index contributed by atoms with van der Waals surface area (Å²) in [6.45, 7) is 5.09. The fourth-order valence-corrected chi connectivity index (χ4v) is 4.48. The Kier molecular flexibility index (Phi) is 5.57. The fourth-order valence-electron chi connectivity index (χ4n) is 4.07. The summed E-state index contributed by atoms with van der Waals surface area (Å²) < 4.78 is 0. The van der Waals surface area contributed by atoms with E-state index in [1.165, 1.54) is 6.42 Å². The third-order valence-electron chi connectivity index (χ3n) is 6.21. The van der Waals surface area contributed by atoms with Crippen molar-refractivity contribution in [1.29, 1.82) is 0 Å². The minimum absolute atomic E-state index is 0.165. The lowest BCUT2D eigenvalue weighted by Crippen LogP contribution is -2.50. The molecule has 4 rings (SSSR count). The highest BCUT2D eigenvalue weighted by atomic mass is 35.5. The van der Waals surface area contributed by atoms with E-state index in [9.17, 15) is 9.90 Å². The second-order valence-electron chi connectivity index (χ2n) is 8.23. The van der Waals surface area contributed by atoms with Gasteiger partial charge in [-0.15, -0.1) is 0 Å². The second kappa shape index (κ2) is 7.78. The molecule has 148 valence electrons. The van der Waals surface area contributed by atoms with Gasteiger partial charge in [0.15, 0.2) is 0 Å². The number of carbonyl (C=O) groups excluding carboxylic acids is 1. The highest BCUT2D eigenvalue weighted by Gasteiger charge is 2.49. The molecule has 2 N–H and O–H groups in total. The largest absolute Gasteiger partial charge is 0.380 e. The van der Waals surface area contributed by atoms with Gasteiger partial charge in [0.2, 0.25) is 0 Å². The van der Waals surface area contributed by atoms with Crippen LogP contribution in [0.4, 0.5) is 5.69 Å². The average molecular weight is 412 g/mol. The summed E-state index contributed by atoms with van der Waals surface area (Å²) in [5, 5.41) is 14.0. The highest BCUT2D eigenvalue weighted by molar-refractivity contribution is 6.43. The van der Waals surface area contributed by atoms with Gasteiger partial charge >= 0.3 is 0 Å². The van der Waals surface area contributed by atoms with Crippen molar-refractivity contribution < 1.29 is 9.90 Å². The summed E-state index contributed by atoms with van der Waals surface area (Å²) in [6.07, 6.45) is 4.48. The van der Waals surface area contributed by atoms with E-state index in [1.54, 1.807) is 0 Å². The molecule has 0 radical (unpaired) electrons. The molecule has 3 aliphatic rings. The van der Waals surface area contributed by atoms with Gasteiger partial charge in [-0.05, 0) is 56.7 Å². The number of hydrogen-bond acceptors (Lipinski definition) is 4. The van der Waals surface area contributed by atoms with Crippen LogP contribution in [0.25, 0.3) is 0 Å². The molecule has 7 heteroatoms. The van der Waals surface area contributed by atoms with Crippen LogP contribution >= 0.6 is 23.2 Å². The van der Waals surface area contributed by atoms with Crippen LogP contribution in [0.15, 0.2) is 18.2 Å². The van der Waals surface area contributed by atoms with Gasteiger partial charge in [0.1, 0.15) is 5.60 Å². The summed E-state index contributed by atoms with van der Waals surface area (Å²) in [5.74, 6) is 0.520. The van der Waals surface area contributed by atoms with Crippen LogP contribution in [0.3, 0.4) is 0 Å². The van der Waals surface area contributed by atoms with E-state index < -0.39 is 5.60 Å². The van der Waals surface area contributed by atoms with Gasteiger partial charge in [0.25, 0.3) is 5.91 Å². The Balaban J connectivity index is 1.15. The smallest absolute Gasteiger partial charge is 0.252 e. The van der Waals surface area contributed by atoms with E-state index in [0.717, 1.165) is 51.3 Å². The maximum absolute atomic E-state index is 11.8. The number of amides is 1. The molecule has 1 heterocycles. The van der Waals surface area contributed by atoms with Crippen molar-refractivity contribution in [3.8, 4) is 0 Å². The zero-order chi connectivity index (χ0) is 19.0. The molecule has 2 saturated carbocycles. The summed E-state index contributed by atoms with van der Waals surface area (Å²) in [7, 11) is 0. The van der Waals surface area contributed by atoms with E-state index in [0.29, 0.717) is 28.8 Å². The van der Waals surface area contributed by atoms with Gasteiger partial charge < -0.3 is 15.3 Å². The highest BCUT2D eigenvalue weighted by Crippen LogP contribution is 2.37. The molecule has 0 atom stereocenters. The Morgan fingerprint density at radius 3 is 2.56 bits per heavy atom. The van der Waals surface area contributed by atoms with Crippen molar-refractivity contribution in [2.45, 2.75) is 43.7 Å². The maximum Gasteiger partial charge on any atom is 0.252 e. The molecule has 0 spiro atoms. The quantitative estimate of drug-likeness (QED) is 0.755. The minimum atomic E-state index is -1.05. The topological polar surface area (TPSA) is 55.8 Å². The number of nitrogens with one attached hydrogen (secondary N) is 1. The molecule has 1 aromatic carbocycles. The van der Waals surface area contributed by atoms with Crippen LogP contribution in [-0.2, 0) is 4.79 Å². The van der Waals surface area contributed by atoms with Crippen LogP contribution in [-0.4, -0.2) is 60.3 Å². The second-order valence-corrected chi connectivity index (χ2v) is 9.01. The van der Waals surface area contributed by atoms with Gasteiger partial charge in [0.05, 0.1) is 15.7 Å². The van der Waals surface area contributed by atoms with Crippen molar-refractivity contribution in [2.24, 2.45) is 5.92 Å². The van der Waals surface area contributed by atoms with Crippen LogP contribution in [0, 0.1) is 5.92 Å². The molecule has 5 nitrogen and oxygen atoms in total. The number of hydrogen-bond donors (Lipinski definition) is 2. The molecule has 1 amide bonds. The van der Waals surface area contributed by atoms with Gasteiger partial charge in [-0.2, -0.15) is 0 Å². The first-order chi connectivity index (χ1) is 12.9. The van der Waals surface area contributed by atoms with E-state index in [4.69, 9.17) is 23.2 Å². The lowest BCUT2D eigenvalue weighted by molar-refractivity contribution is -0.133. The molecule has 27 heavy (non-hydrogen) atoms. The third-order valence-corrected chi connectivity index (χ3v) is 7.02. The number of nitrogens with zero attached hydrogens (tertiary/aromatic N) is 2. The molecule has 0 aromatic heterocycles. The van der Waals surface area contributed by atoms with Crippen LogP contribution in [0.5, 0.6) is 0 Å². The number of anilines is 1. The first-order valence-corrected chi connectivity index (χ1v) is 10.6. The molecular formula is C20H27Cl2N3O2. The van der Waals surface area contributed by atoms with Gasteiger partial charge in [-0.3, -0.25) is 9.69 Å². The molecular weight excluding hydrogens is 385 g/mol. The lowest BCUT2D eigenvalue weighted by Gasteiger charge is -2.40. The van der Waals surface area contributed by atoms with Crippen LogP contribution in [0.1, 0.15) is 32.1 Å². The Hall–Kier alpha value is -1.01. The van der Waals surface area contributed by atoms with Crippen molar-refractivity contribution in [3.63, 3.8) is 0 Å². The molecule has 2 aliphatic carbocycles. The van der Waals surface area contributed by atoms with Crippen molar-refractivity contribution in [2.75, 3.05) is 37.6 Å². The molecule has 0 unspecified atom stereocenters. The summed E-state index contributed by atoms with van der Waals surface area (Å²) in [6, 6.07) is 6.06. The number of rotatable bonds is 6. The summed E-state index contributed by atoms with van der Waals surface area (Å²) >= 11 is 12.5. The van der Waals surface area contributed by atoms with Crippen molar-refractivity contribution in [3.05, 3.63) is 28.2 Å². The zero-order valence-electron chi connectivity index (χ0n) is 15.5. The maximum atomic E-state index is 11.8. The normalized spacial score (nSPS) is 27.1. The predicted molar refractivity (Wildman–Crippen MR) is 109 cm³/mol. The minimum Gasteiger partial charge on any atom is -0.380 e. The third kappa shape index (κ3) is 4.37. The Labute approximate surface area is 170 Å². The number of halogens is 2. The molecule has 3 fully saturated rings. The van der Waals surface area contributed by atoms with E-state index in [-0.39, 0.29) is 11.9 Å². The van der Waals surface area contributed by atoms with Crippen molar-refractivity contribution in [1.82, 2.24) is 10.2 Å². The predicted octanol–water partition coefficient (Wildman–Crippen LogP) is 2.93. The first kappa shape index (κ1) is 19.3. The standard InChI is InChI=1S/C20H27Cl2N3O2/c21-16-2-1-3-17(18(16)22)25-10-8-24(9-11-25)7-4-14-12-15(13-14)23-19(26)20(27)5-6-20/h1-3,14-15,27H,4-13H2,(H,23,26)/t14-,15-. The molecule has 0 bridgehead atoms. The monoisotopic (exact) mass is 411 g/mol. The molecule has 1 saturated heterocycles. The van der Waals surface area contributed by atoms with Gasteiger partial charge in [-0.1, -0.05) is 29.3 Å². The summed E-state index contributed by atoms with van der Waals surface area (Å²) in [4.78, 5) is 16.7. The van der Waals surface area contributed by atoms with Crippen LogP contribution < -0.4 is 10.2 Å². The van der Waals surface area contributed by atoms with E-state index >= 15 is 0 Å². The number of carbonyl (C=O) groups is 1. The SMILES string of the molecule is O=C(N[C@H]1C[C@H](CCN2CCN(c3cccc(Cl)c3Cl)CC2)C1)C1(O)CC1. The Morgan fingerprint density at radius 1 is 1.19 bits per heavy atom. The van der Waals surface area contributed by atoms with Crippen LogP contribution in [0.2, 0.25) is 10.0 Å². The van der Waals surface area contributed by atoms with Crippen molar-refractivity contribution >= 4 is 34.8 Å². The number of aliphatic hydroxyl groups is 1. The van der Waals surface area contributed by atoms with E-state index in [2.05, 4.69) is 15.1 Å². The Bertz CT molecular complexity index is 696. The number of piperazine rings is 1. The molecule has 1 aliphatic heterocycles. The Morgan fingerprint density at radius 2 is 1.89 bits per heavy atom. The lowest BCUT2D eigenvalue weighted by atomic mass is 9.78. The molecule has 1 aromatic rings. The zero-order valence-corrected chi connectivity index (χ0v) is 17.0. The van der Waals surface area contributed by atoms with Gasteiger partial charge in [-0.25, -0.2) is 0 Å². The fraction of sp³-hybridized carbons (Fsp3) is 0.650. The average Bonchev–Trinajstić information content (AvgIpc) is 3.38. The first-order valence-electron chi connectivity index (χ1n) is 9.89. The summed E-state index contributed by atoms with van der Waals surface area (Å²) in [5.41, 5.74) is -0.0184.